The molecule has 33 heavy (non-hydrogen) atoms. The van der Waals surface area contributed by atoms with Gasteiger partial charge in [-0.1, -0.05) is 42.8 Å². The van der Waals surface area contributed by atoms with Crippen molar-refractivity contribution >= 4 is 34.8 Å². The zero-order valence-electron chi connectivity index (χ0n) is 18.7. The molecule has 6 nitrogen and oxygen atoms in total. The Kier molecular flexibility index (Phi) is 6.88. The van der Waals surface area contributed by atoms with Crippen LogP contribution < -0.4 is 9.80 Å². The molecule has 2 aliphatic rings. The lowest BCUT2D eigenvalue weighted by atomic mass is 9.83. The number of carbonyl (C=O) groups excluding carboxylic acids is 2. The van der Waals surface area contributed by atoms with Crippen molar-refractivity contribution in [2.75, 3.05) is 23.0 Å². The van der Waals surface area contributed by atoms with Gasteiger partial charge in [0.05, 0.1) is 12.2 Å². The molecule has 0 radical (unpaired) electrons. The summed E-state index contributed by atoms with van der Waals surface area (Å²) >= 11 is 6.23. The first-order chi connectivity index (χ1) is 15.9. The minimum absolute atomic E-state index is 0.00000372. The Hall–Kier alpha value is -2.67. The van der Waals surface area contributed by atoms with E-state index in [1.165, 1.54) is 0 Å². The predicted molar refractivity (Wildman–Crippen MR) is 129 cm³/mol. The predicted octanol–water partition coefficient (Wildman–Crippen LogP) is 4.17. The Balaban J connectivity index is 1.66. The smallest absolute Gasteiger partial charge is 0.264 e. The SMILES string of the molecule is C[C@@H](/C=C/CCO)[C@]1(O)C(=O)N(Cc2cccc(N3CCCCC3=O)c2)c2ccc(Cl)cc21. The van der Waals surface area contributed by atoms with Crippen LogP contribution in [0.1, 0.15) is 43.7 Å². The molecule has 1 saturated heterocycles. The number of aliphatic hydroxyl groups is 2. The Morgan fingerprint density at radius 3 is 2.76 bits per heavy atom. The van der Waals surface area contributed by atoms with Gasteiger partial charge in [0.2, 0.25) is 5.91 Å². The zero-order chi connectivity index (χ0) is 23.6. The molecule has 0 aromatic heterocycles. The largest absolute Gasteiger partial charge is 0.396 e. The topological polar surface area (TPSA) is 81.1 Å². The molecule has 2 N–H and O–H groups in total. The highest BCUT2D eigenvalue weighted by Crippen LogP contribution is 2.46. The summed E-state index contributed by atoms with van der Waals surface area (Å²) in [5.74, 6) is -0.815. The number of amides is 2. The second kappa shape index (κ2) is 9.67. The van der Waals surface area contributed by atoms with E-state index in [0.717, 1.165) is 24.1 Å². The monoisotopic (exact) mass is 468 g/mol. The van der Waals surface area contributed by atoms with Crippen LogP contribution in [0.3, 0.4) is 0 Å². The molecule has 2 aromatic rings. The number of carbonyl (C=O) groups is 2. The Morgan fingerprint density at radius 2 is 2.00 bits per heavy atom. The maximum atomic E-state index is 13.6. The van der Waals surface area contributed by atoms with Crippen LogP contribution in [0.15, 0.2) is 54.6 Å². The molecule has 2 heterocycles. The number of piperidine rings is 1. The first-order valence-corrected chi connectivity index (χ1v) is 11.7. The average Bonchev–Trinajstić information content (AvgIpc) is 3.02. The molecule has 2 aromatic carbocycles. The lowest BCUT2D eigenvalue weighted by Crippen LogP contribution is -2.44. The molecule has 0 aliphatic carbocycles. The third-order valence-corrected chi connectivity index (χ3v) is 6.73. The summed E-state index contributed by atoms with van der Waals surface area (Å²) in [6.07, 6.45) is 6.41. The summed E-state index contributed by atoms with van der Waals surface area (Å²) in [6, 6.07) is 12.8. The second-order valence-electron chi connectivity index (χ2n) is 8.72. The van der Waals surface area contributed by atoms with E-state index in [1.807, 2.05) is 24.3 Å². The van der Waals surface area contributed by atoms with Crippen LogP contribution in [0.2, 0.25) is 5.02 Å². The minimum Gasteiger partial charge on any atom is -0.396 e. The lowest BCUT2D eigenvalue weighted by molar-refractivity contribution is -0.139. The highest BCUT2D eigenvalue weighted by Gasteiger charge is 2.52. The molecule has 2 amide bonds. The van der Waals surface area contributed by atoms with Gasteiger partial charge >= 0.3 is 0 Å². The van der Waals surface area contributed by atoms with Crippen LogP contribution in [-0.2, 0) is 21.7 Å². The molecule has 0 spiro atoms. The fourth-order valence-corrected chi connectivity index (χ4v) is 4.85. The van der Waals surface area contributed by atoms with Crippen LogP contribution >= 0.6 is 11.6 Å². The van der Waals surface area contributed by atoms with E-state index in [9.17, 15) is 14.7 Å². The van der Waals surface area contributed by atoms with Crippen molar-refractivity contribution in [2.24, 2.45) is 5.92 Å². The number of hydrogen-bond acceptors (Lipinski definition) is 4. The molecule has 0 bridgehead atoms. The normalized spacial score (nSPS) is 21.7. The van der Waals surface area contributed by atoms with Crippen molar-refractivity contribution in [3.05, 3.63) is 70.8 Å². The van der Waals surface area contributed by atoms with Crippen molar-refractivity contribution < 1.29 is 19.8 Å². The van der Waals surface area contributed by atoms with Gasteiger partial charge in [-0.2, -0.15) is 0 Å². The van der Waals surface area contributed by atoms with Gasteiger partial charge in [-0.05, 0) is 55.2 Å². The lowest BCUT2D eigenvalue weighted by Gasteiger charge is -2.28. The molecule has 7 heteroatoms. The first kappa shape index (κ1) is 23.5. The van der Waals surface area contributed by atoms with Gasteiger partial charge in [0.1, 0.15) is 0 Å². The Bertz CT molecular complexity index is 1090. The first-order valence-electron chi connectivity index (χ1n) is 11.4. The number of hydrogen-bond donors (Lipinski definition) is 2. The summed E-state index contributed by atoms with van der Waals surface area (Å²) < 4.78 is 0. The third-order valence-electron chi connectivity index (χ3n) is 6.50. The molecule has 0 saturated carbocycles. The summed E-state index contributed by atoms with van der Waals surface area (Å²) in [4.78, 5) is 29.3. The molecule has 2 atom stereocenters. The number of aliphatic hydroxyl groups excluding tert-OH is 1. The fraction of sp³-hybridized carbons (Fsp3) is 0.385. The molecule has 1 fully saturated rings. The van der Waals surface area contributed by atoms with Gasteiger partial charge in [0, 0.05) is 41.8 Å². The highest BCUT2D eigenvalue weighted by molar-refractivity contribution is 6.31. The van der Waals surface area contributed by atoms with Crippen molar-refractivity contribution in [3.63, 3.8) is 0 Å². The van der Waals surface area contributed by atoms with Gasteiger partial charge < -0.3 is 20.0 Å². The van der Waals surface area contributed by atoms with Crippen molar-refractivity contribution in [1.29, 1.82) is 0 Å². The van der Waals surface area contributed by atoms with Gasteiger partial charge in [0.15, 0.2) is 5.60 Å². The number of nitrogens with zero attached hydrogens (tertiary/aromatic N) is 2. The van der Waals surface area contributed by atoms with Crippen LogP contribution in [0.25, 0.3) is 0 Å². The number of benzene rings is 2. The van der Waals surface area contributed by atoms with E-state index in [-0.39, 0.29) is 19.1 Å². The van der Waals surface area contributed by atoms with E-state index in [0.29, 0.717) is 35.7 Å². The standard InChI is InChI=1S/C26H29ClN2O4/c1-18(7-3-5-14-30)26(33)22-16-20(27)11-12-23(22)29(25(26)32)17-19-8-6-9-21(15-19)28-13-4-2-10-24(28)31/h3,6-9,11-12,15-16,18,30,33H,2,4-5,10,13-14,17H2,1H3/b7-3+/t18-,26+/m0/s1. The van der Waals surface area contributed by atoms with E-state index >= 15 is 0 Å². The molecule has 4 rings (SSSR count). The van der Waals surface area contributed by atoms with E-state index in [4.69, 9.17) is 16.7 Å². The van der Waals surface area contributed by atoms with Gasteiger partial charge in [0.25, 0.3) is 5.91 Å². The average molecular weight is 469 g/mol. The minimum atomic E-state index is -1.76. The van der Waals surface area contributed by atoms with Crippen molar-refractivity contribution in [1.82, 2.24) is 0 Å². The number of fused-ring (bicyclic) bond motifs is 1. The Morgan fingerprint density at radius 1 is 1.18 bits per heavy atom. The number of rotatable bonds is 7. The fourth-order valence-electron chi connectivity index (χ4n) is 4.67. The van der Waals surface area contributed by atoms with Gasteiger partial charge in [-0.25, -0.2) is 0 Å². The van der Waals surface area contributed by atoms with Crippen LogP contribution in [0, 0.1) is 5.92 Å². The molecule has 0 unspecified atom stereocenters. The zero-order valence-corrected chi connectivity index (χ0v) is 19.5. The maximum Gasteiger partial charge on any atom is 0.264 e. The summed E-state index contributed by atoms with van der Waals surface area (Å²) in [6.45, 7) is 2.74. The van der Waals surface area contributed by atoms with Gasteiger partial charge in [-0.3, -0.25) is 9.59 Å². The van der Waals surface area contributed by atoms with Crippen molar-refractivity contribution in [2.45, 2.75) is 44.8 Å². The maximum absolute atomic E-state index is 13.6. The van der Waals surface area contributed by atoms with Crippen LogP contribution in [0.5, 0.6) is 0 Å². The number of halogens is 1. The molecular weight excluding hydrogens is 440 g/mol. The van der Waals surface area contributed by atoms with E-state index in [2.05, 4.69) is 0 Å². The van der Waals surface area contributed by atoms with Gasteiger partial charge in [-0.15, -0.1) is 0 Å². The summed E-state index contributed by atoms with van der Waals surface area (Å²) in [7, 11) is 0. The van der Waals surface area contributed by atoms with E-state index in [1.54, 1.807) is 47.1 Å². The third kappa shape index (κ3) is 4.43. The van der Waals surface area contributed by atoms with Crippen LogP contribution in [-0.4, -0.2) is 35.2 Å². The molecular formula is C26H29ClN2O4. The number of anilines is 2. The summed E-state index contributed by atoms with van der Waals surface area (Å²) in [5, 5.41) is 21.1. The van der Waals surface area contributed by atoms with E-state index < -0.39 is 17.4 Å². The summed E-state index contributed by atoms with van der Waals surface area (Å²) in [5.41, 5.74) is 1.04. The second-order valence-corrected chi connectivity index (χ2v) is 9.16. The molecule has 174 valence electrons. The molecule has 2 aliphatic heterocycles. The Labute approximate surface area is 199 Å². The quantitative estimate of drug-likeness (QED) is 0.598. The van der Waals surface area contributed by atoms with Crippen molar-refractivity contribution in [3.8, 4) is 0 Å². The highest BCUT2D eigenvalue weighted by atomic mass is 35.5. The van der Waals surface area contributed by atoms with Crippen LogP contribution in [0.4, 0.5) is 11.4 Å².